The molecule has 0 saturated heterocycles. The number of carbonyl (C=O) groups is 1. The van der Waals surface area contributed by atoms with Gasteiger partial charge in [-0.2, -0.15) is 0 Å². The Kier molecular flexibility index (Phi) is 5.76. The summed E-state index contributed by atoms with van der Waals surface area (Å²) in [5.74, 6) is 0.236. The molecule has 0 spiro atoms. The van der Waals surface area contributed by atoms with Crippen molar-refractivity contribution in [2.24, 2.45) is 0 Å². The molecule has 0 aromatic carbocycles. The fourth-order valence-corrected chi connectivity index (χ4v) is 1.52. The summed E-state index contributed by atoms with van der Waals surface area (Å²) in [7, 11) is 0. The second-order valence-corrected chi connectivity index (χ2v) is 3.76. The van der Waals surface area contributed by atoms with E-state index in [-0.39, 0.29) is 5.91 Å². The summed E-state index contributed by atoms with van der Waals surface area (Å²) >= 11 is 0. The first-order chi connectivity index (χ1) is 6.04. The van der Waals surface area contributed by atoms with Gasteiger partial charge in [0.05, 0.1) is 0 Å². The van der Waals surface area contributed by atoms with Gasteiger partial charge in [-0.1, -0.05) is 13.8 Å². The second-order valence-electron chi connectivity index (χ2n) is 3.76. The molecule has 0 aliphatic heterocycles. The summed E-state index contributed by atoms with van der Waals surface area (Å²) < 4.78 is 0. The molecule has 1 amide bonds. The second kappa shape index (κ2) is 6.01. The van der Waals surface area contributed by atoms with Crippen LogP contribution in [-0.2, 0) is 4.79 Å². The van der Waals surface area contributed by atoms with Crippen LogP contribution < -0.4 is 0 Å². The van der Waals surface area contributed by atoms with Crippen LogP contribution in [0.5, 0.6) is 0 Å². The molecule has 0 heterocycles. The maximum Gasteiger partial charge on any atom is 0.223 e. The van der Waals surface area contributed by atoms with E-state index in [0.29, 0.717) is 24.9 Å². The molecule has 2 nitrogen and oxygen atoms in total. The molecule has 0 bridgehead atoms. The van der Waals surface area contributed by atoms with Gasteiger partial charge in [0.25, 0.3) is 0 Å². The normalized spacial score (nSPS) is 13.1. The summed E-state index contributed by atoms with van der Waals surface area (Å²) in [6.45, 7) is 12.0. The van der Waals surface area contributed by atoms with Gasteiger partial charge in [-0.25, -0.2) is 0 Å². The molecule has 2 heteroatoms. The minimum absolute atomic E-state index is 0.236. The highest BCUT2D eigenvalue weighted by atomic mass is 16.2. The van der Waals surface area contributed by atoms with E-state index in [4.69, 9.17) is 0 Å². The molecule has 0 aliphatic rings. The molecule has 0 saturated carbocycles. The fraction of sp³-hybridized carbons (Fsp3) is 0.818. The summed E-state index contributed by atoms with van der Waals surface area (Å²) in [5, 5.41) is 0. The van der Waals surface area contributed by atoms with Gasteiger partial charge in [-0.3, -0.25) is 4.79 Å². The largest absolute Gasteiger partial charge is 0.338 e. The van der Waals surface area contributed by atoms with Gasteiger partial charge in [-0.15, -0.1) is 0 Å². The third-order valence-corrected chi connectivity index (χ3v) is 2.30. The molecular weight excluding hydrogens is 162 g/mol. The molecular formula is C11H22NO. The van der Waals surface area contributed by atoms with Crippen molar-refractivity contribution in [2.45, 2.75) is 59.0 Å². The quantitative estimate of drug-likeness (QED) is 0.643. The molecule has 0 aromatic rings. The average molecular weight is 184 g/mol. The third-order valence-electron chi connectivity index (χ3n) is 2.30. The molecule has 0 N–H and O–H groups in total. The van der Waals surface area contributed by atoms with Crippen molar-refractivity contribution < 1.29 is 4.79 Å². The monoisotopic (exact) mass is 184 g/mol. The minimum Gasteiger partial charge on any atom is -0.338 e. The van der Waals surface area contributed by atoms with E-state index >= 15 is 0 Å². The van der Waals surface area contributed by atoms with Crippen molar-refractivity contribution in [3.8, 4) is 0 Å². The molecule has 1 unspecified atom stereocenters. The molecule has 77 valence electrons. The van der Waals surface area contributed by atoms with Crippen molar-refractivity contribution in [3.05, 3.63) is 6.92 Å². The van der Waals surface area contributed by atoms with Crippen LogP contribution in [0.1, 0.15) is 47.0 Å². The lowest BCUT2D eigenvalue weighted by Gasteiger charge is -2.32. The average Bonchev–Trinajstić information content (AvgIpc) is 2.04. The van der Waals surface area contributed by atoms with Gasteiger partial charge >= 0.3 is 0 Å². The number of hydrogen-bond donors (Lipinski definition) is 0. The third kappa shape index (κ3) is 3.79. The van der Waals surface area contributed by atoms with Crippen LogP contribution in [0.15, 0.2) is 0 Å². The maximum absolute atomic E-state index is 11.7. The van der Waals surface area contributed by atoms with Gasteiger partial charge in [0.2, 0.25) is 5.91 Å². The van der Waals surface area contributed by atoms with E-state index in [1.54, 1.807) is 0 Å². The van der Waals surface area contributed by atoms with Gasteiger partial charge in [0.15, 0.2) is 0 Å². The molecule has 1 radical (unpaired) electrons. The number of nitrogens with zero attached hydrogens (tertiary/aromatic N) is 1. The Labute approximate surface area is 82.3 Å². The Morgan fingerprint density at radius 1 is 1.38 bits per heavy atom. The Balaban J connectivity index is 4.32. The van der Waals surface area contributed by atoms with Crippen LogP contribution in [0, 0.1) is 6.92 Å². The maximum atomic E-state index is 11.7. The van der Waals surface area contributed by atoms with Gasteiger partial charge in [0, 0.05) is 18.5 Å². The van der Waals surface area contributed by atoms with E-state index in [9.17, 15) is 4.79 Å². The standard InChI is InChI=1S/C11H22NO/c1-6-8-11(13)12(9(3)4)10(5)7-2/h9-10H,1,6-8H2,2-5H3. The number of rotatable bonds is 5. The van der Waals surface area contributed by atoms with Crippen LogP contribution in [0.4, 0.5) is 0 Å². The van der Waals surface area contributed by atoms with Gasteiger partial charge in [0.1, 0.15) is 0 Å². The molecule has 13 heavy (non-hydrogen) atoms. The van der Waals surface area contributed by atoms with Crippen LogP contribution in [-0.4, -0.2) is 22.9 Å². The number of amides is 1. The van der Waals surface area contributed by atoms with Crippen LogP contribution >= 0.6 is 0 Å². The first kappa shape index (κ1) is 12.5. The highest BCUT2D eigenvalue weighted by Gasteiger charge is 2.20. The van der Waals surface area contributed by atoms with Crippen LogP contribution in [0.3, 0.4) is 0 Å². The lowest BCUT2D eigenvalue weighted by Crippen LogP contribution is -2.43. The van der Waals surface area contributed by atoms with E-state index in [1.165, 1.54) is 0 Å². The van der Waals surface area contributed by atoms with Gasteiger partial charge < -0.3 is 4.90 Å². The van der Waals surface area contributed by atoms with Crippen molar-refractivity contribution in [1.29, 1.82) is 0 Å². The van der Waals surface area contributed by atoms with Crippen molar-refractivity contribution in [1.82, 2.24) is 4.90 Å². The predicted molar refractivity (Wildman–Crippen MR) is 56.3 cm³/mol. The van der Waals surface area contributed by atoms with E-state index in [0.717, 1.165) is 6.42 Å². The number of carbonyl (C=O) groups excluding carboxylic acids is 1. The summed E-state index contributed by atoms with van der Waals surface area (Å²) in [5.41, 5.74) is 0. The van der Waals surface area contributed by atoms with E-state index in [1.807, 2.05) is 4.90 Å². The zero-order valence-electron chi connectivity index (χ0n) is 9.34. The SMILES string of the molecule is [CH2]CCC(=O)N(C(C)C)C(C)CC. The first-order valence-corrected chi connectivity index (χ1v) is 5.15. The summed E-state index contributed by atoms with van der Waals surface area (Å²) in [6.07, 6.45) is 2.28. The summed E-state index contributed by atoms with van der Waals surface area (Å²) in [4.78, 5) is 13.6. The highest BCUT2D eigenvalue weighted by Crippen LogP contribution is 2.11. The van der Waals surface area contributed by atoms with Crippen LogP contribution in [0.25, 0.3) is 0 Å². The zero-order valence-corrected chi connectivity index (χ0v) is 9.34. The minimum atomic E-state index is 0.236. The molecule has 0 fully saturated rings. The Bertz CT molecular complexity index is 154. The van der Waals surface area contributed by atoms with Gasteiger partial charge in [-0.05, 0) is 33.6 Å². The predicted octanol–water partition coefficient (Wildman–Crippen LogP) is 2.64. The molecule has 0 rings (SSSR count). The van der Waals surface area contributed by atoms with Crippen molar-refractivity contribution in [3.63, 3.8) is 0 Å². The molecule has 0 aliphatic carbocycles. The Morgan fingerprint density at radius 3 is 2.23 bits per heavy atom. The zero-order chi connectivity index (χ0) is 10.4. The lowest BCUT2D eigenvalue weighted by atomic mass is 10.1. The van der Waals surface area contributed by atoms with Crippen molar-refractivity contribution in [2.75, 3.05) is 0 Å². The number of hydrogen-bond acceptors (Lipinski definition) is 1. The topological polar surface area (TPSA) is 20.3 Å². The first-order valence-electron chi connectivity index (χ1n) is 5.15. The Hall–Kier alpha value is -0.530. The lowest BCUT2D eigenvalue weighted by molar-refractivity contribution is -0.135. The Morgan fingerprint density at radius 2 is 1.92 bits per heavy atom. The highest BCUT2D eigenvalue weighted by molar-refractivity contribution is 5.76. The van der Waals surface area contributed by atoms with E-state index in [2.05, 4.69) is 34.6 Å². The molecule has 1 atom stereocenters. The van der Waals surface area contributed by atoms with Crippen LogP contribution in [0.2, 0.25) is 0 Å². The van der Waals surface area contributed by atoms with E-state index < -0.39 is 0 Å². The summed E-state index contributed by atoms with van der Waals surface area (Å²) in [6, 6.07) is 0.646. The van der Waals surface area contributed by atoms with Crippen molar-refractivity contribution >= 4 is 5.91 Å². The molecule has 0 aromatic heterocycles. The smallest absolute Gasteiger partial charge is 0.223 e. The fourth-order valence-electron chi connectivity index (χ4n) is 1.52.